The van der Waals surface area contributed by atoms with Crippen LogP contribution >= 0.6 is 11.6 Å². The maximum Gasteiger partial charge on any atom is 0.212 e. The summed E-state index contributed by atoms with van der Waals surface area (Å²) in [5.41, 5.74) is 10.8. The van der Waals surface area contributed by atoms with Crippen molar-refractivity contribution in [3.05, 3.63) is 107 Å². The summed E-state index contributed by atoms with van der Waals surface area (Å²) in [6.07, 6.45) is 7.38. The minimum absolute atomic E-state index is 0.0874. The number of nitriles is 1. The average Bonchev–Trinajstić information content (AvgIpc) is 3.75. The molecule has 2 aliphatic rings. The van der Waals surface area contributed by atoms with Gasteiger partial charge in [0.1, 0.15) is 29.6 Å². The minimum atomic E-state index is -0.858. The van der Waals surface area contributed by atoms with Crippen LogP contribution in [0.2, 0.25) is 15.3 Å². The molecule has 16 heteroatoms. The molecule has 4 N–H and O–H groups in total. The lowest BCUT2D eigenvalue weighted by Gasteiger charge is -2.47. The monoisotopic (exact) mass is 626 g/mol. The summed E-state index contributed by atoms with van der Waals surface area (Å²) in [5, 5.41) is 20.6. The molecule has 226 valence electrons. The van der Waals surface area contributed by atoms with E-state index in [0.717, 1.165) is 29.7 Å². The molecular weight excluding hydrogens is 592 g/mol. The molecule has 2 atom stereocenters. The van der Waals surface area contributed by atoms with Crippen LogP contribution in [0.25, 0.3) is 10.9 Å². The van der Waals surface area contributed by atoms with Crippen molar-refractivity contribution in [3.8, 4) is 6.07 Å². The Hall–Kier alpha value is -4.00. The van der Waals surface area contributed by atoms with Gasteiger partial charge in [-0.25, -0.2) is 4.98 Å². The van der Waals surface area contributed by atoms with E-state index in [0.29, 0.717) is 38.9 Å². The van der Waals surface area contributed by atoms with Gasteiger partial charge in [0.2, 0.25) is 5.95 Å². The molecule has 2 aromatic heterocycles. The summed E-state index contributed by atoms with van der Waals surface area (Å²) in [6.45, 7) is 0. The fraction of sp³-hybridized carbons (Fsp3) is 0.233. The molecule has 0 radical (unpaired) electrons. The largest absolute Gasteiger partial charge is 0.378 e. The molecule has 1 fully saturated rings. The standard InChI is InChI=1S/C30H34B6ClFN8/c31-28(18-6-9-24(38)40-14-18,23-15-46(45-44-23)20-7-8-20)43-19-10-21-25(17(12-39)13-41-26(21)22(37)11-19)42-27(16-4-2-1-3-5-16)29(32,33)30(34,35)36/h1-6,9-11,13-15,20,27,43-45H,7-8,31-36H2,(H,41,42)/t27-,28?/m0/s1. The zero-order valence-corrected chi connectivity index (χ0v) is 27.8. The van der Waals surface area contributed by atoms with Crippen molar-refractivity contribution in [1.82, 2.24) is 25.9 Å². The van der Waals surface area contributed by atoms with Gasteiger partial charge in [-0.2, -0.15) is 9.65 Å². The number of rotatable bonds is 10. The molecular formula is C30H34B6ClFN8. The minimum Gasteiger partial charge on any atom is -0.378 e. The third-order valence-corrected chi connectivity index (χ3v) is 10.2. The molecule has 4 aromatic rings. The topological polar surface area (TPSA) is 101 Å². The van der Waals surface area contributed by atoms with Crippen molar-refractivity contribution >= 4 is 81.0 Å². The Morgan fingerprint density at radius 2 is 1.76 bits per heavy atom. The summed E-state index contributed by atoms with van der Waals surface area (Å²) < 4.78 is 13.9. The van der Waals surface area contributed by atoms with E-state index in [2.05, 4.69) is 94.0 Å². The molecule has 1 aliphatic carbocycles. The first kappa shape index (κ1) is 32.0. The highest BCUT2D eigenvalue weighted by Gasteiger charge is 2.41. The van der Waals surface area contributed by atoms with Crippen LogP contribution in [0.4, 0.5) is 15.8 Å². The number of nitrogens with one attached hydrogen (secondary N) is 4. The summed E-state index contributed by atoms with van der Waals surface area (Å²) >= 11 is 6.95. The zero-order chi connectivity index (χ0) is 32.9. The van der Waals surface area contributed by atoms with Gasteiger partial charge in [-0.05, 0) is 42.2 Å². The van der Waals surface area contributed by atoms with Gasteiger partial charge < -0.3 is 16.1 Å². The Balaban J connectivity index is 1.48. The molecule has 3 heterocycles. The fourth-order valence-corrected chi connectivity index (χ4v) is 6.13. The number of fused-ring (bicyclic) bond motifs is 1. The first-order valence-electron chi connectivity index (χ1n) is 15.6. The van der Waals surface area contributed by atoms with E-state index in [1.54, 1.807) is 12.3 Å². The quantitative estimate of drug-likeness (QED) is 0.145. The fourth-order valence-electron chi connectivity index (χ4n) is 5.86. The number of hydrogen-bond acceptors (Lipinski definition) is 8. The highest BCUT2D eigenvalue weighted by Crippen LogP contribution is 2.51. The second-order valence-electron chi connectivity index (χ2n) is 14.0. The number of pyridine rings is 2. The van der Waals surface area contributed by atoms with Crippen molar-refractivity contribution in [2.45, 2.75) is 40.7 Å². The number of nitrogens with zero attached hydrogens (tertiary/aromatic N) is 4. The number of hydrazine groups is 2. The Kier molecular flexibility index (Phi) is 8.32. The third kappa shape index (κ3) is 5.96. The molecule has 0 spiro atoms. The second-order valence-corrected chi connectivity index (χ2v) is 14.4. The van der Waals surface area contributed by atoms with Crippen LogP contribution in [-0.2, 0) is 5.44 Å². The predicted octanol–water partition coefficient (Wildman–Crippen LogP) is 0.0292. The number of halogens is 2. The lowest BCUT2D eigenvalue weighted by Crippen LogP contribution is -2.45. The SMILES string of the molecule is BC(Nc1cc(Cl)c2ncc(C#N)c(N[C@@H](c3ccccc3)C(B)(B)C(B)(B)B)c2c1)(C1=CN(C2CC2)NN1)c1ccc(F)nc1. The van der Waals surface area contributed by atoms with E-state index < -0.39 is 11.4 Å². The molecule has 1 saturated carbocycles. The van der Waals surface area contributed by atoms with Gasteiger partial charge in [-0.15, -0.1) is 10.6 Å². The summed E-state index contributed by atoms with van der Waals surface area (Å²) in [4.78, 5) is 8.56. The molecule has 2 aromatic carbocycles. The second kappa shape index (κ2) is 12.0. The highest BCUT2D eigenvalue weighted by molar-refractivity contribution is 6.67. The third-order valence-electron chi connectivity index (χ3n) is 9.89. The van der Waals surface area contributed by atoms with E-state index in [4.69, 9.17) is 11.6 Å². The average molecular weight is 626 g/mol. The molecule has 46 heavy (non-hydrogen) atoms. The zero-order valence-electron chi connectivity index (χ0n) is 27.0. The van der Waals surface area contributed by atoms with E-state index in [1.165, 1.54) is 12.3 Å². The van der Waals surface area contributed by atoms with Crippen LogP contribution < -0.4 is 21.6 Å². The van der Waals surface area contributed by atoms with Gasteiger partial charge >= 0.3 is 0 Å². The first-order chi connectivity index (χ1) is 21.8. The summed E-state index contributed by atoms with van der Waals surface area (Å²) in [7, 11) is 13.2. The van der Waals surface area contributed by atoms with Crippen molar-refractivity contribution in [1.29, 1.82) is 5.26 Å². The first-order valence-corrected chi connectivity index (χ1v) is 16.0. The van der Waals surface area contributed by atoms with Crippen LogP contribution in [0.3, 0.4) is 0 Å². The molecule has 0 bridgehead atoms. The molecule has 1 unspecified atom stereocenters. The van der Waals surface area contributed by atoms with Gasteiger partial charge in [0.05, 0.1) is 56.5 Å². The van der Waals surface area contributed by atoms with Crippen LogP contribution in [0.5, 0.6) is 0 Å². The van der Waals surface area contributed by atoms with Crippen molar-refractivity contribution in [2.75, 3.05) is 10.6 Å². The lowest BCUT2D eigenvalue weighted by molar-refractivity contribution is 0.260. The number of aromatic nitrogens is 2. The maximum atomic E-state index is 13.9. The normalized spacial score (nSPS) is 17.0. The number of anilines is 2. The smallest absolute Gasteiger partial charge is 0.212 e. The number of hydrogen-bond donors (Lipinski definition) is 4. The van der Waals surface area contributed by atoms with Crippen LogP contribution in [-0.4, -0.2) is 68.1 Å². The summed E-state index contributed by atoms with van der Waals surface area (Å²) in [5.74, 6) is -0.553. The van der Waals surface area contributed by atoms with Gasteiger partial charge in [0.15, 0.2) is 0 Å². The predicted molar refractivity (Wildman–Crippen MR) is 200 cm³/mol. The van der Waals surface area contributed by atoms with Crippen LogP contribution in [0.1, 0.15) is 35.6 Å². The molecule has 6 rings (SSSR count). The Morgan fingerprint density at radius 1 is 1.02 bits per heavy atom. The van der Waals surface area contributed by atoms with Crippen LogP contribution in [0.15, 0.2) is 78.9 Å². The highest BCUT2D eigenvalue weighted by atomic mass is 35.5. The van der Waals surface area contributed by atoms with E-state index in [-0.39, 0.29) is 16.4 Å². The molecule has 0 saturated heterocycles. The van der Waals surface area contributed by atoms with Gasteiger partial charge in [0, 0.05) is 41.8 Å². The number of benzene rings is 2. The van der Waals surface area contributed by atoms with Crippen molar-refractivity contribution < 1.29 is 4.39 Å². The molecule has 0 amide bonds. The van der Waals surface area contributed by atoms with Crippen molar-refractivity contribution in [2.24, 2.45) is 0 Å². The molecule has 8 nitrogen and oxygen atoms in total. The van der Waals surface area contributed by atoms with E-state index in [9.17, 15) is 9.65 Å². The molecule has 1 aliphatic heterocycles. The summed E-state index contributed by atoms with van der Waals surface area (Å²) in [6, 6.07) is 19.8. The van der Waals surface area contributed by atoms with Crippen LogP contribution in [0, 0.1) is 17.3 Å². The Labute approximate surface area is 279 Å². The Bertz CT molecular complexity index is 1850. The van der Waals surface area contributed by atoms with Gasteiger partial charge in [-0.3, -0.25) is 9.99 Å². The lowest BCUT2D eigenvalue weighted by atomic mass is 9.21. The maximum absolute atomic E-state index is 13.9. The van der Waals surface area contributed by atoms with Gasteiger partial charge in [-0.1, -0.05) is 53.2 Å². The van der Waals surface area contributed by atoms with Gasteiger partial charge in [0.25, 0.3) is 0 Å². The van der Waals surface area contributed by atoms with Crippen molar-refractivity contribution in [3.63, 3.8) is 0 Å². The van der Waals surface area contributed by atoms with E-state index >= 15 is 0 Å². The van der Waals surface area contributed by atoms with E-state index in [1.807, 2.05) is 44.4 Å². The Morgan fingerprint density at radius 3 is 2.39 bits per heavy atom.